The fourth-order valence-corrected chi connectivity index (χ4v) is 12.1. The van der Waals surface area contributed by atoms with Gasteiger partial charge in [0.05, 0.1) is 0 Å². The van der Waals surface area contributed by atoms with Crippen LogP contribution in [0.3, 0.4) is 0 Å². The third-order valence-electron chi connectivity index (χ3n) is 10.8. The van der Waals surface area contributed by atoms with Crippen molar-refractivity contribution in [1.29, 1.82) is 0 Å². The van der Waals surface area contributed by atoms with E-state index in [0.717, 1.165) is 27.5 Å². The van der Waals surface area contributed by atoms with Gasteiger partial charge in [-0.1, -0.05) is 62.2 Å². The lowest BCUT2D eigenvalue weighted by Crippen LogP contribution is -2.55. The van der Waals surface area contributed by atoms with Gasteiger partial charge in [0.25, 0.3) is 0 Å². The number of benzene rings is 4. The molecule has 0 radical (unpaired) electrons. The van der Waals surface area contributed by atoms with Gasteiger partial charge in [-0.15, -0.1) is 11.3 Å². The second kappa shape index (κ2) is 7.13. The molecule has 5 aliphatic carbocycles. The van der Waals surface area contributed by atoms with Crippen molar-refractivity contribution in [2.75, 3.05) is 0 Å². The van der Waals surface area contributed by atoms with Gasteiger partial charge in [-0.3, -0.25) is 0 Å². The van der Waals surface area contributed by atoms with E-state index in [1.54, 1.807) is 11.1 Å². The van der Waals surface area contributed by atoms with E-state index in [4.69, 9.17) is 4.42 Å². The first-order valence-corrected chi connectivity index (χ1v) is 16.3. The van der Waals surface area contributed by atoms with Crippen molar-refractivity contribution in [3.8, 4) is 11.1 Å². The lowest BCUT2D eigenvalue weighted by atomic mass is 9.43. The van der Waals surface area contributed by atoms with Gasteiger partial charge in [0, 0.05) is 50.9 Å². The average Bonchev–Trinajstić information content (AvgIpc) is 3.55. The number of para-hydroxylation sites is 1. The van der Waals surface area contributed by atoms with Crippen molar-refractivity contribution in [3.05, 3.63) is 80.7 Å². The lowest BCUT2D eigenvalue weighted by Gasteiger charge is -2.61. The molecule has 0 saturated heterocycles. The summed E-state index contributed by atoms with van der Waals surface area (Å²) in [5.41, 5.74) is 8.12. The summed E-state index contributed by atoms with van der Waals surface area (Å²) < 4.78 is 11.9. The molecule has 1 spiro atoms. The number of furan rings is 1. The van der Waals surface area contributed by atoms with Crippen LogP contribution in [0.5, 0.6) is 0 Å². The molecule has 1 nitrogen and oxygen atoms in total. The fourth-order valence-electron chi connectivity index (χ4n) is 9.84. The van der Waals surface area contributed by atoms with Crippen LogP contribution in [0.25, 0.3) is 53.2 Å². The Labute approximate surface area is 241 Å². The zero-order valence-electron chi connectivity index (χ0n) is 20.7. The van der Waals surface area contributed by atoms with Gasteiger partial charge in [0.2, 0.25) is 0 Å². The minimum atomic E-state index is 0.0777. The topological polar surface area (TPSA) is 13.1 Å². The van der Waals surface area contributed by atoms with Crippen LogP contribution in [0.4, 0.5) is 0 Å². The SMILES string of the molecule is Brc1ccc2c(c1)sc1ccc3c(c12)C1(c2cc(Br)c4c(oc5ccccc54)c2-3)C2CC3CC(C2)CC1C3. The predicted molar refractivity (Wildman–Crippen MR) is 165 cm³/mol. The minimum Gasteiger partial charge on any atom is -0.455 e. The van der Waals surface area contributed by atoms with Gasteiger partial charge in [-0.2, -0.15) is 0 Å². The molecular formula is C34H24Br2OS. The van der Waals surface area contributed by atoms with Gasteiger partial charge in [0.15, 0.2) is 0 Å². The largest absolute Gasteiger partial charge is 0.455 e. The number of fused-ring (bicyclic) bond motifs is 11. The Hall–Kier alpha value is -2.14. The maximum absolute atomic E-state index is 6.78. The molecule has 38 heavy (non-hydrogen) atoms. The summed E-state index contributed by atoms with van der Waals surface area (Å²) in [7, 11) is 0. The van der Waals surface area contributed by atoms with Gasteiger partial charge < -0.3 is 4.42 Å². The van der Waals surface area contributed by atoms with Gasteiger partial charge in [-0.05, 0) is 103 Å². The summed E-state index contributed by atoms with van der Waals surface area (Å²) in [6.07, 6.45) is 6.99. The summed E-state index contributed by atoms with van der Waals surface area (Å²) in [6, 6.07) is 22.8. The summed E-state index contributed by atoms with van der Waals surface area (Å²) in [5.74, 6) is 3.26. The Morgan fingerprint density at radius 2 is 1.55 bits per heavy atom. The van der Waals surface area contributed by atoms with E-state index in [9.17, 15) is 0 Å². The average molecular weight is 640 g/mol. The third-order valence-corrected chi connectivity index (χ3v) is 13.0. The monoisotopic (exact) mass is 638 g/mol. The highest BCUT2D eigenvalue weighted by atomic mass is 79.9. The molecule has 0 N–H and O–H groups in total. The van der Waals surface area contributed by atoms with Crippen molar-refractivity contribution >= 4 is 85.3 Å². The van der Waals surface area contributed by atoms with Crippen LogP contribution in [0.2, 0.25) is 0 Å². The molecule has 0 unspecified atom stereocenters. The Morgan fingerprint density at radius 3 is 2.37 bits per heavy atom. The number of hydrogen-bond donors (Lipinski definition) is 0. The zero-order valence-corrected chi connectivity index (χ0v) is 24.7. The standard InChI is InChI=1S/C34H24Br2OS/c35-20-5-6-22-28(14-20)38-27-8-7-23-29-24(15-25(36)30-21-3-1-2-4-26(21)37-33(29)30)34(32(23)31(22)27)18-10-16-9-17(12-18)13-19(34)11-16/h1-8,14-19H,9-13H2. The molecule has 5 aliphatic rings. The molecule has 0 atom stereocenters. The van der Waals surface area contributed by atoms with Gasteiger partial charge in [-0.25, -0.2) is 0 Å². The molecule has 4 heteroatoms. The van der Waals surface area contributed by atoms with Crippen LogP contribution in [-0.2, 0) is 5.41 Å². The Kier molecular flexibility index (Phi) is 4.06. The molecule has 6 aromatic rings. The van der Waals surface area contributed by atoms with Crippen LogP contribution in [-0.4, -0.2) is 0 Å². The van der Waals surface area contributed by atoms with Crippen LogP contribution < -0.4 is 0 Å². The van der Waals surface area contributed by atoms with Crippen LogP contribution >= 0.6 is 43.2 Å². The first-order chi connectivity index (χ1) is 18.6. The van der Waals surface area contributed by atoms with E-state index in [0.29, 0.717) is 11.8 Å². The second-order valence-electron chi connectivity index (χ2n) is 12.4. The highest BCUT2D eigenvalue weighted by Crippen LogP contribution is 2.71. The van der Waals surface area contributed by atoms with E-state index >= 15 is 0 Å². The number of rotatable bonds is 0. The van der Waals surface area contributed by atoms with Crippen molar-refractivity contribution in [3.63, 3.8) is 0 Å². The highest BCUT2D eigenvalue weighted by molar-refractivity contribution is 9.11. The summed E-state index contributed by atoms with van der Waals surface area (Å²) >= 11 is 9.76. The first kappa shape index (κ1) is 21.7. The normalized spacial score (nSPS) is 28.9. The predicted octanol–water partition coefficient (Wildman–Crippen LogP) is 11.2. The Morgan fingerprint density at radius 1 is 0.763 bits per heavy atom. The van der Waals surface area contributed by atoms with Crippen LogP contribution in [0.15, 0.2) is 74.0 Å². The minimum absolute atomic E-state index is 0.0777. The highest BCUT2D eigenvalue weighted by Gasteiger charge is 2.62. The van der Waals surface area contributed by atoms with E-state index < -0.39 is 0 Å². The molecule has 186 valence electrons. The molecule has 2 aromatic heterocycles. The number of halogens is 2. The summed E-state index contributed by atoms with van der Waals surface area (Å²) in [4.78, 5) is 0. The molecular weight excluding hydrogens is 616 g/mol. The molecule has 0 aliphatic heterocycles. The molecule has 0 amide bonds. The zero-order chi connectivity index (χ0) is 24.9. The maximum atomic E-state index is 6.78. The van der Waals surface area contributed by atoms with Crippen LogP contribution in [0.1, 0.15) is 43.2 Å². The molecule has 4 saturated carbocycles. The fraction of sp³-hybridized carbons (Fsp3) is 0.294. The molecule has 4 bridgehead atoms. The van der Waals surface area contributed by atoms with E-state index in [1.165, 1.54) is 78.6 Å². The number of hydrogen-bond acceptors (Lipinski definition) is 2. The lowest BCUT2D eigenvalue weighted by molar-refractivity contribution is -0.0393. The van der Waals surface area contributed by atoms with E-state index in [1.807, 2.05) is 11.3 Å². The number of thiophene rings is 1. The Balaban J connectivity index is 1.43. The molecule has 4 fully saturated rings. The maximum Gasteiger partial charge on any atom is 0.144 e. The molecule has 11 rings (SSSR count). The van der Waals surface area contributed by atoms with Gasteiger partial charge in [0.1, 0.15) is 11.2 Å². The van der Waals surface area contributed by atoms with Crippen molar-refractivity contribution in [2.45, 2.75) is 37.5 Å². The summed E-state index contributed by atoms with van der Waals surface area (Å²) in [5, 5.41) is 5.37. The summed E-state index contributed by atoms with van der Waals surface area (Å²) in [6.45, 7) is 0. The smallest absolute Gasteiger partial charge is 0.144 e. The second-order valence-corrected chi connectivity index (χ2v) is 15.2. The van der Waals surface area contributed by atoms with E-state index in [2.05, 4.69) is 92.5 Å². The van der Waals surface area contributed by atoms with Crippen LogP contribution in [0, 0.1) is 23.7 Å². The van der Waals surface area contributed by atoms with E-state index in [-0.39, 0.29) is 5.41 Å². The van der Waals surface area contributed by atoms with Crippen molar-refractivity contribution < 1.29 is 4.42 Å². The van der Waals surface area contributed by atoms with Crippen molar-refractivity contribution in [1.82, 2.24) is 0 Å². The van der Waals surface area contributed by atoms with Crippen molar-refractivity contribution in [2.24, 2.45) is 23.7 Å². The molecule has 2 heterocycles. The molecule has 4 aromatic carbocycles. The first-order valence-electron chi connectivity index (χ1n) is 13.9. The van der Waals surface area contributed by atoms with Gasteiger partial charge >= 0.3 is 0 Å². The third kappa shape index (κ3) is 2.42. The quantitative estimate of drug-likeness (QED) is 0.161. The Bertz CT molecular complexity index is 2000.